The number of ether oxygens (including phenoxy) is 1. The van der Waals surface area contributed by atoms with Crippen LogP contribution in [0.25, 0.3) is 0 Å². The maximum Gasteiger partial charge on any atom is 0.332 e. The molecule has 0 saturated heterocycles. The third-order valence-electron chi connectivity index (χ3n) is 3.39. The maximum atomic E-state index is 11.5. The number of esters is 1. The molecule has 0 aromatic heterocycles. The van der Waals surface area contributed by atoms with E-state index in [-0.39, 0.29) is 12.4 Å². The summed E-state index contributed by atoms with van der Waals surface area (Å²) < 4.78 is 5.09. The summed E-state index contributed by atoms with van der Waals surface area (Å²) in [5, 5.41) is 6.24. The molecular weight excluding hydrogens is 326 g/mol. The van der Waals surface area contributed by atoms with Gasteiger partial charge in [-0.3, -0.25) is 14.6 Å². The van der Waals surface area contributed by atoms with E-state index in [0.29, 0.717) is 12.1 Å². The number of aliphatic imine (C=N–C) groups is 1. The molecule has 1 N–H and O–H groups in total. The standard InChI is InChI=1S/C17H19N3O5/c1-10(21)18-17(20-25-12(3)23)14(9-24-11(2)22)16-8-13-6-4-5-7-15(13)19-16/h4-7,14H,8-9H2,1-3H3,(H,18,20,21)/t14-/m1/s1. The second-order valence-electron chi connectivity index (χ2n) is 5.50. The third-order valence-corrected chi connectivity index (χ3v) is 3.39. The summed E-state index contributed by atoms with van der Waals surface area (Å²) in [6.45, 7) is 3.70. The number of fused-ring (bicyclic) bond motifs is 1. The SMILES string of the molecule is CC(=O)N/C(=N/OC(C)=O)[C@H](COC(C)=O)C1=Nc2ccccc2C1. The van der Waals surface area contributed by atoms with E-state index in [2.05, 4.69) is 20.3 Å². The fourth-order valence-electron chi connectivity index (χ4n) is 2.36. The second-order valence-corrected chi connectivity index (χ2v) is 5.50. The van der Waals surface area contributed by atoms with E-state index in [9.17, 15) is 14.4 Å². The van der Waals surface area contributed by atoms with Crippen LogP contribution < -0.4 is 5.32 Å². The lowest BCUT2D eigenvalue weighted by atomic mass is 9.98. The van der Waals surface area contributed by atoms with Crippen molar-refractivity contribution in [1.29, 1.82) is 0 Å². The van der Waals surface area contributed by atoms with Crippen LogP contribution in [0.15, 0.2) is 34.4 Å². The number of carbonyl (C=O) groups excluding carboxylic acids is 3. The van der Waals surface area contributed by atoms with Crippen molar-refractivity contribution in [2.24, 2.45) is 16.1 Å². The average Bonchev–Trinajstić information content (AvgIpc) is 2.95. The minimum absolute atomic E-state index is 0.0653. The molecule has 0 radical (unpaired) electrons. The third kappa shape index (κ3) is 5.23. The first-order valence-electron chi connectivity index (χ1n) is 7.68. The highest BCUT2D eigenvalue weighted by atomic mass is 16.7. The summed E-state index contributed by atoms with van der Waals surface area (Å²) in [7, 11) is 0. The summed E-state index contributed by atoms with van der Waals surface area (Å²) in [6, 6.07) is 7.58. The van der Waals surface area contributed by atoms with Gasteiger partial charge < -0.3 is 14.9 Å². The van der Waals surface area contributed by atoms with Crippen LogP contribution in [0, 0.1) is 5.92 Å². The number of hydrogen-bond acceptors (Lipinski definition) is 7. The predicted molar refractivity (Wildman–Crippen MR) is 90.4 cm³/mol. The van der Waals surface area contributed by atoms with E-state index in [1.807, 2.05) is 24.3 Å². The Hall–Kier alpha value is -3.03. The van der Waals surface area contributed by atoms with Crippen LogP contribution in [0.5, 0.6) is 0 Å². The lowest BCUT2D eigenvalue weighted by molar-refractivity contribution is -0.142. The summed E-state index contributed by atoms with van der Waals surface area (Å²) in [6.07, 6.45) is 0.515. The van der Waals surface area contributed by atoms with E-state index in [1.165, 1.54) is 20.8 Å². The van der Waals surface area contributed by atoms with E-state index < -0.39 is 23.8 Å². The van der Waals surface area contributed by atoms with E-state index >= 15 is 0 Å². The second kappa shape index (κ2) is 8.18. The van der Waals surface area contributed by atoms with Crippen LogP contribution >= 0.6 is 0 Å². The highest BCUT2D eigenvalue weighted by Gasteiger charge is 2.29. The summed E-state index contributed by atoms with van der Waals surface area (Å²) in [5.74, 6) is -2.08. The Morgan fingerprint density at radius 2 is 1.92 bits per heavy atom. The van der Waals surface area contributed by atoms with Gasteiger partial charge in [0.15, 0.2) is 5.84 Å². The smallest absolute Gasteiger partial charge is 0.332 e. The van der Waals surface area contributed by atoms with Crippen LogP contribution in [0.2, 0.25) is 0 Å². The molecular formula is C17H19N3O5. The summed E-state index contributed by atoms with van der Waals surface area (Å²) >= 11 is 0. The Bertz CT molecular complexity index is 754. The van der Waals surface area contributed by atoms with Crippen LogP contribution in [-0.4, -0.2) is 36.0 Å². The molecule has 0 bridgehead atoms. The van der Waals surface area contributed by atoms with Gasteiger partial charge in [-0.2, -0.15) is 0 Å². The zero-order valence-corrected chi connectivity index (χ0v) is 14.2. The summed E-state index contributed by atoms with van der Waals surface area (Å²) in [4.78, 5) is 43.0. The molecule has 1 heterocycles. The number of para-hydroxylation sites is 1. The molecule has 1 aliphatic heterocycles. The Kier molecular flexibility index (Phi) is 5.99. The van der Waals surface area contributed by atoms with E-state index in [1.54, 1.807) is 0 Å². The van der Waals surface area contributed by atoms with Crippen molar-refractivity contribution in [1.82, 2.24) is 5.32 Å². The highest BCUT2D eigenvalue weighted by molar-refractivity contribution is 6.13. The van der Waals surface area contributed by atoms with Crippen molar-refractivity contribution < 1.29 is 24.0 Å². The van der Waals surface area contributed by atoms with Crippen LogP contribution in [0.3, 0.4) is 0 Å². The molecule has 25 heavy (non-hydrogen) atoms. The Morgan fingerprint density at radius 3 is 2.52 bits per heavy atom. The number of nitrogens with zero attached hydrogens (tertiary/aromatic N) is 2. The largest absolute Gasteiger partial charge is 0.465 e. The Balaban J connectivity index is 2.33. The molecule has 1 aromatic carbocycles. The highest BCUT2D eigenvalue weighted by Crippen LogP contribution is 2.29. The van der Waals surface area contributed by atoms with Crippen molar-refractivity contribution in [2.45, 2.75) is 27.2 Å². The number of nitrogens with one attached hydrogen (secondary N) is 1. The van der Waals surface area contributed by atoms with Gasteiger partial charge in [0.25, 0.3) is 0 Å². The Morgan fingerprint density at radius 1 is 1.20 bits per heavy atom. The quantitative estimate of drug-likeness (QED) is 0.286. The monoisotopic (exact) mass is 345 g/mol. The minimum Gasteiger partial charge on any atom is -0.465 e. The van der Waals surface area contributed by atoms with E-state index in [4.69, 9.17) is 4.74 Å². The number of amidine groups is 1. The number of amides is 1. The first-order valence-corrected chi connectivity index (χ1v) is 7.68. The predicted octanol–water partition coefficient (Wildman–Crippen LogP) is 1.51. The molecule has 0 saturated carbocycles. The van der Waals surface area contributed by atoms with Crippen molar-refractivity contribution >= 4 is 35.1 Å². The topological polar surface area (TPSA) is 106 Å². The van der Waals surface area contributed by atoms with Crippen molar-refractivity contribution in [2.75, 3.05) is 6.61 Å². The van der Waals surface area contributed by atoms with Gasteiger partial charge in [-0.15, -0.1) is 0 Å². The molecule has 0 aliphatic carbocycles. The Labute approximate surface area is 144 Å². The molecule has 1 amide bonds. The number of carbonyl (C=O) groups is 3. The number of rotatable bonds is 5. The molecule has 1 atom stereocenters. The van der Waals surface area contributed by atoms with Crippen molar-refractivity contribution in [3.63, 3.8) is 0 Å². The molecule has 0 fully saturated rings. The lowest BCUT2D eigenvalue weighted by Gasteiger charge is -2.18. The lowest BCUT2D eigenvalue weighted by Crippen LogP contribution is -2.41. The average molecular weight is 345 g/mol. The van der Waals surface area contributed by atoms with Gasteiger partial charge in [-0.05, 0) is 11.6 Å². The molecule has 0 spiro atoms. The molecule has 2 rings (SSSR count). The van der Waals surface area contributed by atoms with Gasteiger partial charge in [0.2, 0.25) is 5.91 Å². The number of oxime groups is 1. The number of hydrogen-bond donors (Lipinski definition) is 1. The molecule has 132 valence electrons. The molecule has 8 heteroatoms. The van der Waals surface area contributed by atoms with Crippen LogP contribution in [0.4, 0.5) is 5.69 Å². The number of benzene rings is 1. The van der Waals surface area contributed by atoms with Gasteiger partial charge in [-0.1, -0.05) is 23.4 Å². The van der Waals surface area contributed by atoms with Gasteiger partial charge >= 0.3 is 11.9 Å². The van der Waals surface area contributed by atoms with Crippen molar-refractivity contribution in [3.8, 4) is 0 Å². The van der Waals surface area contributed by atoms with Crippen molar-refractivity contribution in [3.05, 3.63) is 29.8 Å². The fourth-order valence-corrected chi connectivity index (χ4v) is 2.36. The normalized spacial score (nSPS) is 14.2. The molecule has 1 aliphatic rings. The van der Waals surface area contributed by atoms with E-state index in [0.717, 1.165) is 11.3 Å². The van der Waals surface area contributed by atoms with Crippen LogP contribution in [0.1, 0.15) is 26.3 Å². The molecule has 1 aromatic rings. The van der Waals surface area contributed by atoms with Crippen LogP contribution in [-0.2, 0) is 30.4 Å². The fraction of sp³-hybridized carbons (Fsp3) is 0.353. The van der Waals surface area contributed by atoms with Gasteiger partial charge in [0.1, 0.15) is 6.61 Å². The molecule has 8 nitrogen and oxygen atoms in total. The first-order chi connectivity index (χ1) is 11.9. The summed E-state index contributed by atoms with van der Waals surface area (Å²) in [5.41, 5.74) is 2.47. The zero-order chi connectivity index (χ0) is 18.4. The first kappa shape index (κ1) is 18.3. The van der Waals surface area contributed by atoms with Gasteiger partial charge in [0.05, 0.1) is 11.6 Å². The van der Waals surface area contributed by atoms with Gasteiger partial charge in [0, 0.05) is 32.9 Å². The maximum absolute atomic E-state index is 11.5. The minimum atomic E-state index is -0.639. The molecule has 0 unspecified atom stereocenters. The zero-order valence-electron chi connectivity index (χ0n) is 14.2. The van der Waals surface area contributed by atoms with Gasteiger partial charge in [-0.25, -0.2) is 4.79 Å².